The Kier molecular flexibility index (Phi) is 3.57. The Morgan fingerprint density at radius 2 is 1.33 bits per heavy atom. The first-order chi connectivity index (χ1) is 7.93. The van der Waals surface area contributed by atoms with Gasteiger partial charge in [0.2, 0.25) is 9.84 Å². The van der Waals surface area contributed by atoms with Gasteiger partial charge in [-0.3, -0.25) is 0 Å². The van der Waals surface area contributed by atoms with Gasteiger partial charge in [-0.2, -0.15) is 44.0 Å². The second-order valence-corrected chi connectivity index (χ2v) is 5.02. The van der Waals surface area contributed by atoms with E-state index >= 15 is 0 Å². The smallest absolute Gasteiger partial charge is 0.228 e. The first kappa shape index (κ1) is 14.7. The van der Waals surface area contributed by atoms with Crippen LogP contribution in [-0.4, -0.2) is 13.9 Å². The zero-order valence-electron chi connectivity index (χ0n) is 8.38. The molecule has 1 aromatic carbocycles. The maximum absolute atomic E-state index is 12.1. The molecule has 1 aromatic rings. The van der Waals surface area contributed by atoms with Crippen molar-refractivity contribution in [3.05, 3.63) is 41.1 Å². The lowest BCUT2D eigenvalue weighted by Gasteiger charge is -2.15. The van der Waals surface area contributed by atoms with Crippen LogP contribution in [0.15, 0.2) is 24.3 Å². The molecule has 0 atom stereocenters. The van der Waals surface area contributed by atoms with Crippen LogP contribution < -0.4 is 0 Å². The summed E-state index contributed by atoms with van der Waals surface area (Å²) < 4.78 is 93.8. The lowest BCUT2D eigenvalue weighted by Crippen LogP contribution is -2.23. The summed E-state index contributed by atoms with van der Waals surface area (Å²) in [5.74, 6) is -0.132. The minimum absolute atomic E-state index is 0.132. The second-order valence-electron chi connectivity index (χ2n) is 3.23. The highest BCUT2D eigenvalue weighted by Crippen LogP contribution is 2.31. The Morgan fingerprint density at radius 1 is 0.889 bits per heavy atom. The number of hydrogen-bond acceptors (Lipinski definition) is 2. The highest BCUT2D eigenvalue weighted by molar-refractivity contribution is 7.94. The number of sulfone groups is 1. The first-order valence-corrected chi connectivity index (χ1v) is 5.81. The minimum atomic E-state index is -5.51. The van der Waals surface area contributed by atoms with Gasteiger partial charge in [0, 0.05) is 5.56 Å². The molecule has 0 aliphatic heterocycles. The molecule has 0 saturated heterocycles. The Balaban J connectivity index is 2.96. The van der Waals surface area contributed by atoms with Crippen LogP contribution in [0.1, 0.15) is 11.1 Å². The van der Waals surface area contributed by atoms with Gasteiger partial charge in [0.25, 0.3) is 0 Å². The number of alkyl halides is 6. The standard InChI is InChI=1S/C9H5F6O2S/c10-8(11,12)7-3-1-6(2-4-7)5-18(16,17)9(13,14)15/h1-5H/q-1. The average molecular weight is 291 g/mol. The third-order valence-electron chi connectivity index (χ3n) is 1.85. The summed E-state index contributed by atoms with van der Waals surface area (Å²) in [7, 11) is -5.51. The molecule has 2 nitrogen and oxygen atoms in total. The summed E-state index contributed by atoms with van der Waals surface area (Å²) in [4.78, 5) is 0. The van der Waals surface area contributed by atoms with Gasteiger partial charge in [0.1, 0.15) is 0 Å². The van der Waals surface area contributed by atoms with Crippen LogP contribution in [0.25, 0.3) is 0 Å². The molecule has 0 saturated carbocycles. The average Bonchev–Trinajstić information content (AvgIpc) is 2.14. The quantitative estimate of drug-likeness (QED) is 0.619. The summed E-state index contributed by atoms with van der Waals surface area (Å²) >= 11 is 0. The van der Waals surface area contributed by atoms with Crippen LogP contribution in [0.3, 0.4) is 0 Å². The molecule has 0 bridgehead atoms. The Morgan fingerprint density at radius 3 is 1.67 bits per heavy atom. The van der Waals surface area contributed by atoms with Crippen LogP contribution in [0, 0.1) is 5.75 Å². The molecule has 0 aliphatic carbocycles. The highest BCUT2D eigenvalue weighted by atomic mass is 32.2. The second kappa shape index (κ2) is 4.38. The van der Waals surface area contributed by atoms with E-state index < -0.39 is 32.6 Å². The van der Waals surface area contributed by atoms with Gasteiger partial charge in [0.05, 0.1) is 0 Å². The third-order valence-corrected chi connectivity index (χ3v) is 3.08. The molecular formula is C9H5F6O2S-. The monoisotopic (exact) mass is 291 g/mol. The number of rotatable bonds is 2. The van der Waals surface area contributed by atoms with Gasteiger partial charge in [0.15, 0.2) is 0 Å². The van der Waals surface area contributed by atoms with Crippen LogP contribution in [0.4, 0.5) is 26.3 Å². The van der Waals surface area contributed by atoms with E-state index in [1.807, 2.05) is 0 Å². The molecular weight excluding hydrogens is 286 g/mol. The molecule has 0 amide bonds. The molecule has 0 fully saturated rings. The van der Waals surface area contributed by atoms with Crippen molar-refractivity contribution in [2.24, 2.45) is 0 Å². The maximum atomic E-state index is 12.1. The molecule has 0 N–H and O–H groups in total. The zero-order chi connectivity index (χ0) is 14.2. The summed E-state index contributed by atoms with van der Waals surface area (Å²) in [6.07, 6.45) is -4.64. The van der Waals surface area contributed by atoms with E-state index in [4.69, 9.17) is 0 Å². The highest BCUT2D eigenvalue weighted by Gasteiger charge is 2.42. The van der Waals surface area contributed by atoms with Crippen LogP contribution in [-0.2, 0) is 16.0 Å². The van der Waals surface area contributed by atoms with Crippen molar-refractivity contribution < 1.29 is 34.8 Å². The maximum Gasteiger partial charge on any atom is 0.490 e. The summed E-state index contributed by atoms with van der Waals surface area (Å²) in [5.41, 5.74) is -7.04. The third kappa shape index (κ3) is 3.31. The molecule has 0 aromatic heterocycles. The Hall–Kier alpha value is -1.38. The Bertz CT molecular complexity index is 511. The molecule has 0 heterocycles. The zero-order valence-corrected chi connectivity index (χ0v) is 9.20. The van der Waals surface area contributed by atoms with E-state index in [2.05, 4.69) is 0 Å². The molecule has 0 aliphatic rings. The van der Waals surface area contributed by atoms with E-state index in [9.17, 15) is 34.8 Å². The largest absolute Gasteiger partial charge is 0.490 e. The van der Waals surface area contributed by atoms with Crippen molar-refractivity contribution in [1.29, 1.82) is 0 Å². The van der Waals surface area contributed by atoms with Crippen molar-refractivity contribution in [3.8, 4) is 0 Å². The summed E-state index contributed by atoms with van der Waals surface area (Å²) in [6, 6.07) is 2.29. The molecule has 102 valence electrons. The van der Waals surface area contributed by atoms with Crippen LogP contribution in [0.5, 0.6) is 0 Å². The van der Waals surface area contributed by atoms with E-state index in [-0.39, 0.29) is 5.75 Å². The predicted molar refractivity (Wildman–Crippen MR) is 49.8 cm³/mol. The van der Waals surface area contributed by atoms with Crippen molar-refractivity contribution in [1.82, 2.24) is 0 Å². The Labute approximate surface area is 98.1 Å². The van der Waals surface area contributed by atoms with Crippen molar-refractivity contribution in [2.45, 2.75) is 11.7 Å². The molecule has 0 unspecified atom stereocenters. The molecule has 0 radical (unpaired) electrons. The number of hydrogen-bond donors (Lipinski definition) is 0. The molecule has 1 rings (SSSR count). The fourth-order valence-corrected chi connectivity index (χ4v) is 1.65. The van der Waals surface area contributed by atoms with Gasteiger partial charge < -0.3 is 0 Å². The van der Waals surface area contributed by atoms with Gasteiger partial charge in [-0.05, 0) is 0 Å². The predicted octanol–water partition coefficient (Wildman–Crippen LogP) is 3.15. The lowest BCUT2D eigenvalue weighted by molar-refractivity contribution is -0.137. The SMILES string of the molecule is O=S(=O)([CH-]c1ccc(C(F)(F)F)cc1)C(F)(F)F. The molecule has 9 heteroatoms. The van der Waals surface area contributed by atoms with Gasteiger partial charge in [-0.1, -0.05) is 5.75 Å². The van der Waals surface area contributed by atoms with E-state index in [0.29, 0.717) is 24.3 Å². The minimum Gasteiger partial charge on any atom is -0.228 e. The number of halogens is 6. The molecule has 0 spiro atoms. The van der Waals surface area contributed by atoms with Crippen molar-refractivity contribution in [2.75, 3.05) is 0 Å². The van der Waals surface area contributed by atoms with Gasteiger partial charge >= 0.3 is 11.7 Å². The normalized spacial score (nSPS) is 13.4. The fourth-order valence-electron chi connectivity index (χ4n) is 0.997. The van der Waals surface area contributed by atoms with Crippen molar-refractivity contribution >= 4 is 9.84 Å². The summed E-state index contributed by atoms with van der Waals surface area (Å²) in [5, 5.41) is 0. The number of benzene rings is 1. The first-order valence-electron chi connectivity index (χ1n) is 4.27. The molecule has 18 heavy (non-hydrogen) atoms. The van der Waals surface area contributed by atoms with Crippen molar-refractivity contribution in [3.63, 3.8) is 0 Å². The van der Waals surface area contributed by atoms with Crippen LogP contribution >= 0.6 is 0 Å². The fraction of sp³-hybridized carbons (Fsp3) is 0.222. The van der Waals surface area contributed by atoms with Crippen LogP contribution in [0.2, 0.25) is 0 Å². The topological polar surface area (TPSA) is 34.1 Å². The van der Waals surface area contributed by atoms with Gasteiger partial charge in [-0.15, -0.1) is 12.1 Å². The van der Waals surface area contributed by atoms with E-state index in [1.54, 1.807) is 0 Å². The summed E-state index contributed by atoms with van der Waals surface area (Å²) in [6.45, 7) is 0. The lowest BCUT2D eigenvalue weighted by atomic mass is 10.1. The van der Waals surface area contributed by atoms with E-state index in [1.165, 1.54) is 0 Å². The van der Waals surface area contributed by atoms with E-state index in [0.717, 1.165) is 0 Å². The van der Waals surface area contributed by atoms with Gasteiger partial charge in [-0.25, -0.2) is 8.42 Å².